The predicted octanol–water partition coefficient (Wildman–Crippen LogP) is 3.64. The van der Waals surface area contributed by atoms with Crippen molar-refractivity contribution in [3.8, 4) is 5.75 Å². The van der Waals surface area contributed by atoms with E-state index in [9.17, 15) is 14.4 Å². The maximum Gasteiger partial charge on any atom is 0.338 e. The van der Waals surface area contributed by atoms with E-state index in [-0.39, 0.29) is 24.8 Å². The standard InChI is InChI=1S/C22H26N2O5/c1-4-28-20-9-7-6-8-19(20)23-21(26)14-15-24(16(3)25)18-12-10-17(11-13-18)22(27)29-5-2/h6-13H,4-5,14-15H2,1-3H3,(H,23,26). The van der Waals surface area contributed by atoms with E-state index in [1.165, 1.54) is 11.8 Å². The molecule has 0 bridgehead atoms. The van der Waals surface area contributed by atoms with Crippen molar-refractivity contribution in [3.63, 3.8) is 0 Å². The summed E-state index contributed by atoms with van der Waals surface area (Å²) in [6, 6.07) is 13.7. The fraction of sp³-hybridized carbons (Fsp3) is 0.318. The topological polar surface area (TPSA) is 84.9 Å². The van der Waals surface area contributed by atoms with Crippen LogP contribution in [0.4, 0.5) is 11.4 Å². The summed E-state index contributed by atoms with van der Waals surface area (Å²) >= 11 is 0. The molecule has 2 aromatic carbocycles. The van der Waals surface area contributed by atoms with Crippen LogP contribution in [0.3, 0.4) is 0 Å². The van der Waals surface area contributed by atoms with Gasteiger partial charge in [0.25, 0.3) is 0 Å². The molecule has 0 aliphatic heterocycles. The Balaban J connectivity index is 2.01. The maximum absolute atomic E-state index is 12.4. The monoisotopic (exact) mass is 398 g/mol. The molecule has 29 heavy (non-hydrogen) atoms. The van der Waals surface area contributed by atoms with Crippen LogP contribution in [-0.4, -0.2) is 37.5 Å². The van der Waals surface area contributed by atoms with Crippen molar-refractivity contribution < 1.29 is 23.9 Å². The largest absolute Gasteiger partial charge is 0.492 e. The van der Waals surface area contributed by atoms with Gasteiger partial charge in [0.15, 0.2) is 0 Å². The van der Waals surface area contributed by atoms with Gasteiger partial charge in [-0.2, -0.15) is 0 Å². The summed E-state index contributed by atoms with van der Waals surface area (Å²) < 4.78 is 10.5. The molecule has 0 atom stereocenters. The Morgan fingerprint density at radius 3 is 2.28 bits per heavy atom. The summed E-state index contributed by atoms with van der Waals surface area (Å²) in [7, 11) is 0. The third-order valence-electron chi connectivity index (χ3n) is 4.09. The normalized spacial score (nSPS) is 10.2. The van der Waals surface area contributed by atoms with Gasteiger partial charge in [-0.25, -0.2) is 4.79 Å². The van der Waals surface area contributed by atoms with Crippen LogP contribution in [0.2, 0.25) is 0 Å². The summed E-state index contributed by atoms with van der Waals surface area (Å²) in [6.45, 7) is 6.03. The highest BCUT2D eigenvalue weighted by atomic mass is 16.5. The Labute approximate surface area is 170 Å². The minimum absolute atomic E-state index is 0.111. The van der Waals surface area contributed by atoms with Gasteiger partial charge < -0.3 is 19.7 Å². The number of carbonyl (C=O) groups excluding carboxylic acids is 3. The van der Waals surface area contributed by atoms with Crippen molar-refractivity contribution in [2.24, 2.45) is 0 Å². The molecule has 2 aromatic rings. The Hall–Kier alpha value is -3.35. The molecule has 2 rings (SSSR count). The van der Waals surface area contributed by atoms with E-state index in [1.807, 2.05) is 19.1 Å². The lowest BCUT2D eigenvalue weighted by atomic mass is 10.2. The zero-order valence-electron chi connectivity index (χ0n) is 16.9. The second-order valence-corrected chi connectivity index (χ2v) is 6.17. The van der Waals surface area contributed by atoms with Crippen LogP contribution < -0.4 is 15.0 Å². The molecular formula is C22H26N2O5. The number of nitrogens with one attached hydrogen (secondary N) is 1. The summed E-state index contributed by atoms with van der Waals surface area (Å²) in [4.78, 5) is 37.7. The molecule has 154 valence electrons. The highest BCUT2D eigenvalue weighted by Gasteiger charge is 2.15. The molecule has 0 fully saturated rings. The molecule has 0 spiro atoms. The Morgan fingerprint density at radius 1 is 0.966 bits per heavy atom. The molecule has 0 aliphatic carbocycles. The molecular weight excluding hydrogens is 372 g/mol. The third kappa shape index (κ3) is 6.34. The molecule has 1 N–H and O–H groups in total. The van der Waals surface area contributed by atoms with Crippen molar-refractivity contribution in [2.75, 3.05) is 30.0 Å². The Bertz CT molecular complexity index is 849. The van der Waals surface area contributed by atoms with Crippen molar-refractivity contribution in [1.82, 2.24) is 0 Å². The number of esters is 1. The zero-order chi connectivity index (χ0) is 21.2. The number of para-hydroxylation sites is 2. The Morgan fingerprint density at radius 2 is 1.66 bits per heavy atom. The first-order valence-corrected chi connectivity index (χ1v) is 9.53. The van der Waals surface area contributed by atoms with E-state index in [2.05, 4.69) is 5.32 Å². The van der Waals surface area contributed by atoms with Gasteiger partial charge in [0.05, 0.1) is 24.5 Å². The lowest BCUT2D eigenvalue weighted by molar-refractivity contribution is -0.117. The fourth-order valence-corrected chi connectivity index (χ4v) is 2.74. The lowest BCUT2D eigenvalue weighted by Gasteiger charge is -2.21. The highest BCUT2D eigenvalue weighted by Crippen LogP contribution is 2.24. The van der Waals surface area contributed by atoms with E-state index in [1.54, 1.807) is 43.3 Å². The first-order chi connectivity index (χ1) is 14.0. The van der Waals surface area contributed by atoms with Gasteiger partial charge in [-0.15, -0.1) is 0 Å². The van der Waals surface area contributed by atoms with E-state index >= 15 is 0 Å². The third-order valence-corrected chi connectivity index (χ3v) is 4.09. The first-order valence-electron chi connectivity index (χ1n) is 9.53. The lowest BCUT2D eigenvalue weighted by Crippen LogP contribution is -2.32. The molecule has 0 heterocycles. The van der Waals surface area contributed by atoms with Crippen molar-refractivity contribution in [2.45, 2.75) is 27.2 Å². The maximum atomic E-state index is 12.4. The molecule has 0 saturated heterocycles. The van der Waals surface area contributed by atoms with Gasteiger partial charge >= 0.3 is 5.97 Å². The quantitative estimate of drug-likeness (QED) is 0.652. The second kappa shape index (κ2) is 10.8. The molecule has 2 amide bonds. The predicted molar refractivity (Wildman–Crippen MR) is 111 cm³/mol. The number of nitrogens with zero attached hydrogens (tertiary/aromatic N) is 1. The number of hydrogen-bond donors (Lipinski definition) is 1. The van der Waals surface area contributed by atoms with Crippen molar-refractivity contribution in [1.29, 1.82) is 0 Å². The van der Waals surface area contributed by atoms with Crippen LogP contribution >= 0.6 is 0 Å². The van der Waals surface area contributed by atoms with Crippen LogP contribution in [0.25, 0.3) is 0 Å². The van der Waals surface area contributed by atoms with Crippen LogP contribution in [0.5, 0.6) is 5.75 Å². The molecule has 7 heteroatoms. The van der Waals surface area contributed by atoms with Crippen LogP contribution in [0, 0.1) is 0 Å². The van der Waals surface area contributed by atoms with Gasteiger partial charge in [-0.1, -0.05) is 12.1 Å². The van der Waals surface area contributed by atoms with Gasteiger partial charge in [0.2, 0.25) is 11.8 Å². The van der Waals surface area contributed by atoms with Gasteiger partial charge in [0.1, 0.15) is 5.75 Å². The smallest absolute Gasteiger partial charge is 0.338 e. The summed E-state index contributed by atoms with van der Waals surface area (Å²) in [5.74, 6) is -0.245. The fourth-order valence-electron chi connectivity index (χ4n) is 2.74. The first kappa shape index (κ1) is 21.9. The SMILES string of the molecule is CCOC(=O)c1ccc(N(CCC(=O)Nc2ccccc2OCC)C(C)=O)cc1. The summed E-state index contributed by atoms with van der Waals surface area (Å²) in [5.41, 5.74) is 1.60. The van der Waals surface area contributed by atoms with Gasteiger partial charge in [-0.3, -0.25) is 9.59 Å². The van der Waals surface area contributed by atoms with Crippen LogP contribution in [0.15, 0.2) is 48.5 Å². The van der Waals surface area contributed by atoms with Crippen LogP contribution in [0.1, 0.15) is 37.6 Å². The van der Waals surface area contributed by atoms with E-state index in [4.69, 9.17) is 9.47 Å². The van der Waals surface area contributed by atoms with Gasteiger partial charge in [0, 0.05) is 25.6 Å². The number of ether oxygens (including phenoxy) is 2. The van der Waals surface area contributed by atoms with E-state index < -0.39 is 5.97 Å². The van der Waals surface area contributed by atoms with E-state index in [0.717, 1.165) is 0 Å². The molecule has 7 nitrogen and oxygen atoms in total. The number of hydrogen-bond acceptors (Lipinski definition) is 5. The average molecular weight is 398 g/mol. The number of carbonyl (C=O) groups is 3. The van der Waals surface area contributed by atoms with Crippen molar-refractivity contribution in [3.05, 3.63) is 54.1 Å². The number of rotatable bonds is 9. The minimum Gasteiger partial charge on any atom is -0.492 e. The summed E-state index contributed by atoms with van der Waals surface area (Å²) in [5, 5.41) is 2.82. The zero-order valence-corrected chi connectivity index (χ0v) is 16.9. The molecule has 0 aromatic heterocycles. The van der Waals surface area contributed by atoms with Gasteiger partial charge in [-0.05, 0) is 50.2 Å². The molecule has 0 aliphatic rings. The van der Waals surface area contributed by atoms with E-state index in [0.29, 0.717) is 35.9 Å². The van der Waals surface area contributed by atoms with Crippen LogP contribution in [-0.2, 0) is 14.3 Å². The Kier molecular flexibility index (Phi) is 8.21. The highest BCUT2D eigenvalue weighted by molar-refractivity contribution is 5.96. The average Bonchev–Trinajstić information content (AvgIpc) is 2.70. The number of amides is 2. The number of benzene rings is 2. The molecule has 0 unspecified atom stereocenters. The second-order valence-electron chi connectivity index (χ2n) is 6.17. The molecule has 0 saturated carbocycles. The number of anilines is 2. The minimum atomic E-state index is -0.416. The van der Waals surface area contributed by atoms with Crippen molar-refractivity contribution >= 4 is 29.2 Å². The summed E-state index contributed by atoms with van der Waals surface area (Å²) in [6.07, 6.45) is 0.111. The molecule has 0 radical (unpaired) electrons.